The summed E-state index contributed by atoms with van der Waals surface area (Å²) in [4.78, 5) is 9.40. The second-order valence-corrected chi connectivity index (χ2v) is 5.58. The Morgan fingerprint density at radius 1 is 1.16 bits per heavy atom. The molecule has 2 heterocycles. The molecule has 1 N–H and O–H groups in total. The van der Waals surface area contributed by atoms with E-state index >= 15 is 0 Å². The average molecular weight is 253 g/mol. The lowest BCUT2D eigenvalue weighted by Crippen LogP contribution is -2.28. The van der Waals surface area contributed by atoms with Gasteiger partial charge >= 0.3 is 0 Å². The fraction of sp³-hybridized carbons (Fsp3) is 0.375. The molecule has 0 fully saturated rings. The SMILES string of the molecule is CC(C)(c1ccccc1)c1ncc2c(n1)CCNC2. The minimum Gasteiger partial charge on any atom is -0.312 e. The first-order valence-corrected chi connectivity index (χ1v) is 6.79. The Balaban J connectivity index is 2.02. The van der Waals surface area contributed by atoms with E-state index in [0.717, 1.165) is 25.3 Å². The molecular weight excluding hydrogens is 234 g/mol. The molecule has 0 saturated carbocycles. The van der Waals surface area contributed by atoms with Crippen molar-refractivity contribution >= 4 is 0 Å². The van der Waals surface area contributed by atoms with Crippen LogP contribution in [0.3, 0.4) is 0 Å². The predicted molar refractivity (Wildman–Crippen MR) is 76.0 cm³/mol. The molecule has 2 aromatic rings. The Labute approximate surface area is 114 Å². The van der Waals surface area contributed by atoms with Crippen molar-refractivity contribution in [3.63, 3.8) is 0 Å². The van der Waals surface area contributed by atoms with Gasteiger partial charge in [0.15, 0.2) is 0 Å². The number of rotatable bonds is 2. The van der Waals surface area contributed by atoms with E-state index in [-0.39, 0.29) is 5.41 Å². The van der Waals surface area contributed by atoms with Crippen LogP contribution in [0.5, 0.6) is 0 Å². The number of aromatic nitrogens is 2. The molecule has 3 rings (SSSR count). The Hall–Kier alpha value is -1.74. The average Bonchev–Trinajstić information content (AvgIpc) is 2.47. The van der Waals surface area contributed by atoms with Gasteiger partial charge in [-0.3, -0.25) is 0 Å². The number of nitrogens with one attached hydrogen (secondary N) is 1. The number of benzene rings is 1. The van der Waals surface area contributed by atoms with Crippen molar-refractivity contribution in [3.8, 4) is 0 Å². The fourth-order valence-electron chi connectivity index (χ4n) is 2.52. The van der Waals surface area contributed by atoms with E-state index in [9.17, 15) is 0 Å². The largest absolute Gasteiger partial charge is 0.312 e. The second kappa shape index (κ2) is 4.74. The summed E-state index contributed by atoms with van der Waals surface area (Å²) in [6, 6.07) is 10.5. The van der Waals surface area contributed by atoms with Crippen LogP contribution in [-0.2, 0) is 18.4 Å². The van der Waals surface area contributed by atoms with Crippen molar-refractivity contribution in [1.29, 1.82) is 0 Å². The van der Waals surface area contributed by atoms with Crippen molar-refractivity contribution in [2.75, 3.05) is 6.54 Å². The molecule has 0 unspecified atom stereocenters. The zero-order valence-corrected chi connectivity index (χ0v) is 11.5. The fourth-order valence-corrected chi connectivity index (χ4v) is 2.52. The molecule has 3 nitrogen and oxygen atoms in total. The normalized spacial score (nSPS) is 15.1. The van der Waals surface area contributed by atoms with Crippen molar-refractivity contribution in [3.05, 3.63) is 59.2 Å². The summed E-state index contributed by atoms with van der Waals surface area (Å²) in [6.07, 6.45) is 2.98. The summed E-state index contributed by atoms with van der Waals surface area (Å²) in [5.74, 6) is 0.916. The molecule has 0 bridgehead atoms. The van der Waals surface area contributed by atoms with E-state index in [4.69, 9.17) is 4.98 Å². The van der Waals surface area contributed by atoms with Gasteiger partial charge < -0.3 is 5.32 Å². The lowest BCUT2D eigenvalue weighted by atomic mass is 9.83. The highest BCUT2D eigenvalue weighted by atomic mass is 14.9. The quantitative estimate of drug-likeness (QED) is 0.893. The lowest BCUT2D eigenvalue weighted by molar-refractivity contribution is 0.563. The highest BCUT2D eigenvalue weighted by Crippen LogP contribution is 2.29. The third-order valence-corrected chi connectivity index (χ3v) is 3.86. The van der Waals surface area contributed by atoms with Crippen molar-refractivity contribution < 1.29 is 0 Å². The molecule has 0 atom stereocenters. The van der Waals surface area contributed by atoms with Gasteiger partial charge in [-0.1, -0.05) is 30.3 Å². The van der Waals surface area contributed by atoms with Gasteiger partial charge in [-0.15, -0.1) is 0 Å². The summed E-state index contributed by atoms with van der Waals surface area (Å²) in [5, 5.41) is 3.35. The first kappa shape index (κ1) is 12.3. The molecular formula is C16H19N3. The standard InChI is InChI=1S/C16H19N3/c1-16(2,13-6-4-3-5-7-13)15-18-11-12-10-17-9-8-14(12)19-15/h3-7,11,17H,8-10H2,1-2H3. The summed E-state index contributed by atoms with van der Waals surface area (Å²) in [6.45, 7) is 6.27. The van der Waals surface area contributed by atoms with Gasteiger partial charge in [0.1, 0.15) is 5.82 Å². The van der Waals surface area contributed by atoms with E-state index in [2.05, 4.69) is 48.4 Å². The van der Waals surface area contributed by atoms with Gasteiger partial charge in [-0.05, 0) is 19.4 Å². The summed E-state index contributed by atoms with van der Waals surface area (Å²) in [5.41, 5.74) is 3.54. The van der Waals surface area contributed by atoms with E-state index in [1.165, 1.54) is 16.8 Å². The minimum absolute atomic E-state index is 0.152. The number of hydrogen-bond acceptors (Lipinski definition) is 3. The Morgan fingerprint density at radius 3 is 2.74 bits per heavy atom. The molecule has 0 amide bonds. The van der Waals surface area contributed by atoms with Crippen LogP contribution in [0.25, 0.3) is 0 Å². The zero-order valence-electron chi connectivity index (χ0n) is 11.5. The van der Waals surface area contributed by atoms with Gasteiger partial charge in [0.05, 0.1) is 0 Å². The maximum Gasteiger partial charge on any atom is 0.138 e. The van der Waals surface area contributed by atoms with Crippen molar-refractivity contribution in [2.24, 2.45) is 0 Å². The minimum atomic E-state index is -0.152. The number of hydrogen-bond donors (Lipinski definition) is 1. The highest BCUT2D eigenvalue weighted by Gasteiger charge is 2.27. The van der Waals surface area contributed by atoms with Gasteiger partial charge in [-0.25, -0.2) is 9.97 Å². The van der Waals surface area contributed by atoms with Crippen molar-refractivity contribution in [1.82, 2.24) is 15.3 Å². The molecule has 0 spiro atoms. The first-order valence-electron chi connectivity index (χ1n) is 6.79. The van der Waals surface area contributed by atoms with E-state index in [1.807, 2.05) is 12.3 Å². The van der Waals surface area contributed by atoms with Gasteiger partial charge in [0.25, 0.3) is 0 Å². The van der Waals surface area contributed by atoms with Crippen LogP contribution in [0.4, 0.5) is 0 Å². The van der Waals surface area contributed by atoms with Crippen LogP contribution in [0, 0.1) is 0 Å². The summed E-state index contributed by atoms with van der Waals surface area (Å²) in [7, 11) is 0. The maximum atomic E-state index is 4.81. The van der Waals surface area contributed by atoms with Gasteiger partial charge in [0.2, 0.25) is 0 Å². The third kappa shape index (κ3) is 2.26. The molecule has 1 aliphatic rings. The Bertz CT molecular complexity index is 576. The molecule has 1 aliphatic heterocycles. The first-order chi connectivity index (χ1) is 9.18. The summed E-state index contributed by atoms with van der Waals surface area (Å²) < 4.78 is 0. The van der Waals surface area contributed by atoms with Crippen LogP contribution >= 0.6 is 0 Å². The van der Waals surface area contributed by atoms with Gasteiger partial charge in [0, 0.05) is 42.4 Å². The van der Waals surface area contributed by atoms with E-state index in [1.54, 1.807) is 0 Å². The molecule has 0 saturated heterocycles. The Morgan fingerprint density at radius 2 is 1.95 bits per heavy atom. The smallest absolute Gasteiger partial charge is 0.138 e. The monoisotopic (exact) mass is 253 g/mol. The van der Waals surface area contributed by atoms with Crippen LogP contribution < -0.4 is 5.32 Å². The molecule has 1 aromatic heterocycles. The number of nitrogens with zero attached hydrogens (tertiary/aromatic N) is 2. The molecule has 1 aromatic carbocycles. The topological polar surface area (TPSA) is 37.8 Å². The Kier molecular flexibility index (Phi) is 3.07. The predicted octanol–water partition coefficient (Wildman–Crippen LogP) is 2.45. The van der Waals surface area contributed by atoms with Crippen LogP contribution in [0.1, 0.15) is 36.5 Å². The highest BCUT2D eigenvalue weighted by molar-refractivity contribution is 5.32. The van der Waals surface area contributed by atoms with Crippen LogP contribution in [0.2, 0.25) is 0 Å². The summed E-state index contributed by atoms with van der Waals surface area (Å²) >= 11 is 0. The lowest BCUT2D eigenvalue weighted by Gasteiger charge is -2.25. The van der Waals surface area contributed by atoms with E-state index in [0.29, 0.717) is 0 Å². The molecule has 0 radical (unpaired) electrons. The molecule has 19 heavy (non-hydrogen) atoms. The zero-order chi connectivity index (χ0) is 13.3. The van der Waals surface area contributed by atoms with Crippen molar-refractivity contribution in [2.45, 2.75) is 32.2 Å². The number of fused-ring (bicyclic) bond motifs is 1. The van der Waals surface area contributed by atoms with Gasteiger partial charge in [-0.2, -0.15) is 0 Å². The molecule has 3 heteroatoms. The van der Waals surface area contributed by atoms with E-state index < -0.39 is 0 Å². The third-order valence-electron chi connectivity index (χ3n) is 3.86. The van der Waals surface area contributed by atoms with Crippen LogP contribution in [0.15, 0.2) is 36.5 Å². The van der Waals surface area contributed by atoms with Crippen LogP contribution in [-0.4, -0.2) is 16.5 Å². The molecule has 0 aliphatic carbocycles. The maximum absolute atomic E-state index is 4.81. The second-order valence-electron chi connectivity index (χ2n) is 5.58. The molecule has 98 valence electrons.